The maximum absolute atomic E-state index is 5.61. The van der Waals surface area contributed by atoms with Gasteiger partial charge in [-0.2, -0.15) is 0 Å². The van der Waals surface area contributed by atoms with E-state index in [4.69, 9.17) is 4.42 Å². The average Bonchev–Trinajstić information content (AvgIpc) is 2.94. The number of nitrogens with one attached hydrogen (secondary N) is 1. The lowest BCUT2D eigenvalue weighted by Gasteiger charge is -2.19. The van der Waals surface area contributed by atoms with Gasteiger partial charge in [0.2, 0.25) is 0 Å². The summed E-state index contributed by atoms with van der Waals surface area (Å²) in [4.78, 5) is 4.53. The van der Waals surface area contributed by atoms with E-state index in [0.717, 1.165) is 24.4 Å². The van der Waals surface area contributed by atoms with Crippen molar-refractivity contribution in [2.45, 2.75) is 45.7 Å². The van der Waals surface area contributed by atoms with Crippen molar-refractivity contribution in [2.75, 3.05) is 0 Å². The third-order valence-corrected chi connectivity index (χ3v) is 3.96. The lowest BCUT2D eigenvalue weighted by atomic mass is 10.1. The Bertz CT molecular complexity index is 588. The Morgan fingerprint density at radius 2 is 2.26 bits per heavy atom. The summed E-state index contributed by atoms with van der Waals surface area (Å²) in [5, 5.41) is 3.68. The molecule has 1 aliphatic carbocycles. The van der Waals surface area contributed by atoms with Gasteiger partial charge in [-0.15, -0.1) is 0 Å². The van der Waals surface area contributed by atoms with E-state index in [0.29, 0.717) is 6.04 Å². The second-order valence-corrected chi connectivity index (χ2v) is 5.40. The molecule has 2 aromatic heterocycles. The van der Waals surface area contributed by atoms with Crippen LogP contribution in [0.1, 0.15) is 53.8 Å². The monoisotopic (exact) mass is 256 g/mol. The zero-order chi connectivity index (χ0) is 13.4. The van der Waals surface area contributed by atoms with Crippen molar-refractivity contribution in [1.29, 1.82) is 0 Å². The molecular formula is C16H20N2O. The van der Waals surface area contributed by atoms with E-state index in [9.17, 15) is 0 Å². The highest BCUT2D eigenvalue weighted by Crippen LogP contribution is 2.32. The normalized spacial score (nSPS) is 19.4. The second-order valence-electron chi connectivity index (χ2n) is 5.40. The molecule has 0 saturated heterocycles. The molecule has 2 unspecified atom stereocenters. The number of hydrogen-bond donors (Lipinski definition) is 1. The fourth-order valence-corrected chi connectivity index (χ4v) is 3.05. The molecule has 2 heterocycles. The zero-order valence-corrected chi connectivity index (χ0v) is 11.7. The molecule has 2 atom stereocenters. The largest absolute Gasteiger partial charge is 0.466 e. The first-order valence-electron chi connectivity index (χ1n) is 6.92. The summed E-state index contributed by atoms with van der Waals surface area (Å²) in [6, 6.07) is 6.98. The molecule has 19 heavy (non-hydrogen) atoms. The lowest BCUT2D eigenvalue weighted by Crippen LogP contribution is -2.23. The molecule has 0 amide bonds. The van der Waals surface area contributed by atoms with Crippen molar-refractivity contribution in [3.8, 4) is 0 Å². The SMILES string of the molecule is Cc1cc(C(C)NC2CCc3cccnc32)c(C)o1. The first kappa shape index (κ1) is 12.4. The smallest absolute Gasteiger partial charge is 0.105 e. The number of furan rings is 1. The minimum atomic E-state index is 0.287. The number of aryl methyl sites for hydroxylation is 3. The molecule has 0 bridgehead atoms. The first-order valence-corrected chi connectivity index (χ1v) is 6.92. The fourth-order valence-electron chi connectivity index (χ4n) is 3.05. The van der Waals surface area contributed by atoms with Crippen LogP contribution in [0.4, 0.5) is 0 Å². The predicted octanol–water partition coefficient (Wildman–Crippen LogP) is 3.63. The Hall–Kier alpha value is -1.61. The van der Waals surface area contributed by atoms with Gasteiger partial charge in [0.05, 0.1) is 11.7 Å². The number of aromatic nitrogens is 1. The van der Waals surface area contributed by atoms with Crippen LogP contribution in [0.2, 0.25) is 0 Å². The van der Waals surface area contributed by atoms with E-state index in [1.165, 1.54) is 16.8 Å². The third-order valence-electron chi connectivity index (χ3n) is 3.96. The molecule has 3 heteroatoms. The Morgan fingerprint density at radius 1 is 1.42 bits per heavy atom. The standard InChI is InChI=1S/C16H20N2O/c1-10-9-14(12(3)19-10)11(2)18-15-7-6-13-5-4-8-17-16(13)15/h4-5,8-9,11,15,18H,6-7H2,1-3H3. The van der Waals surface area contributed by atoms with Gasteiger partial charge in [-0.3, -0.25) is 4.98 Å². The van der Waals surface area contributed by atoms with Crippen LogP contribution in [-0.2, 0) is 6.42 Å². The summed E-state index contributed by atoms with van der Waals surface area (Å²) in [5.41, 5.74) is 3.85. The first-order chi connectivity index (χ1) is 9.15. The molecule has 0 radical (unpaired) electrons. The van der Waals surface area contributed by atoms with Gasteiger partial charge in [0, 0.05) is 17.8 Å². The van der Waals surface area contributed by atoms with Gasteiger partial charge in [0.15, 0.2) is 0 Å². The van der Waals surface area contributed by atoms with Crippen molar-refractivity contribution in [3.05, 3.63) is 52.7 Å². The van der Waals surface area contributed by atoms with Crippen LogP contribution in [0.15, 0.2) is 28.8 Å². The van der Waals surface area contributed by atoms with Gasteiger partial charge in [0.25, 0.3) is 0 Å². The van der Waals surface area contributed by atoms with Gasteiger partial charge >= 0.3 is 0 Å². The van der Waals surface area contributed by atoms with E-state index < -0.39 is 0 Å². The molecule has 0 spiro atoms. The van der Waals surface area contributed by atoms with Gasteiger partial charge in [-0.25, -0.2) is 0 Å². The van der Waals surface area contributed by atoms with Gasteiger partial charge in [-0.05, 0) is 51.3 Å². The molecule has 3 rings (SSSR count). The van der Waals surface area contributed by atoms with E-state index >= 15 is 0 Å². The molecular weight excluding hydrogens is 236 g/mol. The van der Waals surface area contributed by atoms with Crippen LogP contribution >= 0.6 is 0 Å². The molecule has 1 N–H and O–H groups in total. The molecule has 2 aromatic rings. The molecule has 0 fully saturated rings. The molecule has 1 aliphatic rings. The summed E-state index contributed by atoms with van der Waals surface area (Å²) in [7, 11) is 0. The minimum Gasteiger partial charge on any atom is -0.466 e. The second kappa shape index (κ2) is 4.82. The summed E-state index contributed by atoms with van der Waals surface area (Å²) in [6.45, 7) is 6.22. The fraction of sp³-hybridized carbons (Fsp3) is 0.438. The summed E-state index contributed by atoms with van der Waals surface area (Å²) in [6.07, 6.45) is 4.14. The van der Waals surface area contributed by atoms with Crippen LogP contribution < -0.4 is 5.32 Å². The highest BCUT2D eigenvalue weighted by Gasteiger charge is 2.25. The van der Waals surface area contributed by atoms with Crippen LogP contribution in [0.5, 0.6) is 0 Å². The summed E-state index contributed by atoms with van der Waals surface area (Å²) >= 11 is 0. The molecule has 0 saturated carbocycles. The Balaban J connectivity index is 1.78. The van der Waals surface area contributed by atoms with Gasteiger partial charge < -0.3 is 9.73 Å². The van der Waals surface area contributed by atoms with Crippen LogP contribution in [-0.4, -0.2) is 4.98 Å². The van der Waals surface area contributed by atoms with Crippen molar-refractivity contribution in [1.82, 2.24) is 10.3 Å². The van der Waals surface area contributed by atoms with Gasteiger partial charge in [0.1, 0.15) is 11.5 Å². The van der Waals surface area contributed by atoms with Crippen molar-refractivity contribution < 1.29 is 4.42 Å². The highest BCUT2D eigenvalue weighted by atomic mass is 16.3. The van der Waals surface area contributed by atoms with Crippen molar-refractivity contribution >= 4 is 0 Å². The van der Waals surface area contributed by atoms with Crippen molar-refractivity contribution in [2.24, 2.45) is 0 Å². The lowest BCUT2D eigenvalue weighted by molar-refractivity contribution is 0.446. The van der Waals surface area contributed by atoms with Gasteiger partial charge in [-0.1, -0.05) is 6.07 Å². The predicted molar refractivity (Wildman–Crippen MR) is 75.0 cm³/mol. The molecule has 0 aromatic carbocycles. The van der Waals surface area contributed by atoms with E-state index in [1.807, 2.05) is 26.1 Å². The van der Waals surface area contributed by atoms with Crippen molar-refractivity contribution in [3.63, 3.8) is 0 Å². The van der Waals surface area contributed by atoms with Crippen LogP contribution in [0, 0.1) is 13.8 Å². The maximum atomic E-state index is 5.61. The zero-order valence-electron chi connectivity index (χ0n) is 11.7. The average molecular weight is 256 g/mol. The van der Waals surface area contributed by atoms with E-state index in [2.05, 4.69) is 29.4 Å². The van der Waals surface area contributed by atoms with E-state index in [-0.39, 0.29) is 6.04 Å². The number of pyridine rings is 1. The number of nitrogens with zero attached hydrogens (tertiary/aromatic N) is 1. The Labute approximate surface area is 114 Å². The van der Waals surface area contributed by atoms with Crippen LogP contribution in [0.25, 0.3) is 0 Å². The summed E-state index contributed by atoms with van der Waals surface area (Å²) in [5.74, 6) is 1.99. The molecule has 3 nitrogen and oxygen atoms in total. The summed E-state index contributed by atoms with van der Waals surface area (Å²) < 4.78 is 5.61. The Morgan fingerprint density at radius 3 is 3.00 bits per heavy atom. The topological polar surface area (TPSA) is 38.1 Å². The quantitative estimate of drug-likeness (QED) is 0.911. The highest BCUT2D eigenvalue weighted by molar-refractivity contribution is 5.29. The maximum Gasteiger partial charge on any atom is 0.105 e. The molecule has 0 aliphatic heterocycles. The number of hydrogen-bond acceptors (Lipinski definition) is 3. The Kier molecular flexibility index (Phi) is 3.15. The number of rotatable bonds is 3. The van der Waals surface area contributed by atoms with Crippen LogP contribution in [0.3, 0.4) is 0 Å². The third kappa shape index (κ3) is 2.30. The van der Waals surface area contributed by atoms with E-state index in [1.54, 1.807) is 0 Å². The minimum absolute atomic E-state index is 0.287. The number of fused-ring (bicyclic) bond motifs is 1. The molecule has 100 valence electrons.